The SMILES string of the molecule is COSC(C)CCON(C)C=O. The number of hydrogen-bond acceptors (Lipinski definition) is 4. The molecule has 0 saturated heterocycles. The molecule has 5 heteroatoms. The van der Waals surface area contributed by atoms with Gasteiger partial charge in [-0.25, -0.2) is 5.06 Å². The van der Waals surface area contributed by atoms with E-state index in [4.69, 9.17) is 9.02 Å². The Morgan fingerprint density at radius 2 is 2.33 bits per heavy atom. The van der Waals surface area contributed by atoms with E-state index < -0.39 is 0 Å². The van der Waals surface area contributed by atoms with Crippen LogP contribution in [0.2, 0.25) is 0 Å². The predicted molar refractivity (Wildman–Crippen MR) is 48.5 cm³/mol. The number of carbonyl (C=O) groups is 1. The molecule has 4 nitrogen and oxygen atoms in total. The quantitative estimate of drug-likeness (QED) is 0.344. The van der Waals surface area contributed by atoms with Gasteiger partial charge in [0.05, 0.1) is 13.7 Å². The number of hydrogen-bond donors (Lipinski definition) is 0. The maximum absolute atomic E-state index is 10.1. The second kappa shape index (κ2) is 7.39. The van der Waals surface area contributed by atoms with Gasteiger partial charge in [0.15, 0.2) is 0 Å². The van der Waals surface area contributed by atoms with E-state index in [1.54, 1.807) is 14.2 Å². The Labute approximate surface area is 77.4 Å². The molecule has 0 saturated carbocycles. The van der Waals surface area contributed by atoms with Crippen LogP contribution in [0.4, 0.5) is 0 Å². The van der Waals surface area contributed by atoms with Gasteiger partial charge in [-0.15, -0.1) is 0 Å². The first-order valence-electron chi connectivity index (χ1n) is 3.71. The van der Waals surface area contributed by atoms with Crippen LogP contribution in [0.5, 0.6) is 0 Å². The van der Waals surface area contributed by atoms with Crippen molar-refractivity contribution in [1.82, 2.24) is 5.06 Å². The van der Waals surface area contributed by atoms with Crippen LogP contribution in [0.25, 0.3) is 0 Å². The van der Waals surface area contributed by atoms with Gasteiger partial charge in [0.1, 0.15) is 0 Å². The molecule has 0 fully saturated rings. The summed E-state index contributed by atoms with van der Waals surface area (Å²) in [7, 11) is 3.21. The first-order valence-corrected chi connectivity index (χ1v) is 4.51. The van der Waals surface area contributed by atoms with E-state index in [0.717, 1.165) is 11.5 Å². The van der Waals surface area contributed by atoms with E-state index in [9.17, 15) is 4.79 Å². The third kappa shape index (κ3) is 6.45. The van der Waals surface area contributed by atoms with Gasteiger partial charge >= 0.3 is 0 Å². The van der Waals surface area contributed by atoms with Crippen molar-refractivity contribution in [2.24, 2.45) is 0 Å². The summed E-state index contributed by atoms with van der Waals surface area (Å²) in [6.07, 6.45) is 1.49. The Bertz CT molecular complexity index is 123. The van der Waals surface area contributed by atoms with E-state index in [1.807, 2.05) is 6.92 Å². The van der Waals surface area contributed by atoms with Crippen LogP contribution in [0.1, 0.15) is 13.3 Å². The van der Waals surface area contributed by atoms with E-state index in [-0.39, 0.29) is 0 Å². The summed E-state index contributed by atoms with van der Waals surface area (Å²) in [4.78, 5) is 15.1. The lowest BCUT2D eigenvalue weighted by Crippen LogP contribution is -2.18. The van der Waals surface area contributed by atoms with Gasteiger partial charge in [-0.05, 0) is 18.5 Å². The number of carbonyl (C=O) groups excluding carboxylic acids is 1. The fourth-order valence-electron chi connectivity index (χ4n) is 0.605. The summed E-state index contributed by atoms with van der Waals surface area (Å²) in [6, 6.07) is 0. The molecule has 72 valence electrons. The molecule has 0 bridgehead atoms. The molecule has 12 heavy (non-hydrogen) atoms. The lowest BCUT2D eigenvalue weighted by atomic mass is 10.3. The number of nitrogens with zero attached hydrogens (tertiary/aromatic N) is 1. The smallest absolute Gasteiger partial charge is 0.233 e. The largest absolute Gasteiger partial charge is 0.318 e. The van der Waals surface area contributed by atoms with Crippen molar-refractivity contribution in [3.8, 4) is 0 Å². The average molecular weight is 193 g/mol. The molecular weight excluding hydrogens is 178 g/mol. The topological polar surface area (TPSA) is 38.8 Å². The summed E-state index contributed by atoms with van der Waals surface area (Å²) >= 11 is 1.40. The number of amides is 1. The molecule has 0 aromatic heterocycles. The first-order chi connectivity index (χ1) is 5.70. The summed E-state index contributed by atoms with van der Waals surface area (Å²) in [6.45, 7) is 2.57. The average Bonchev–Trinajstić information content (AvgIpc) is 2.04. The Balaban J connectivity index is 3.23. The molecule has 1 amide bonds. The van der Waals surface area contributed by atoms with Gasteiger partial charge in [-0.3, -0.25) is 9.63 Å². The molecule has 0 rings (SSSR count). The predicted octanol–water partition coefficient (Wildman–Crippen LogP) is 1.08. The number of hydroxylamine groups is 2. The summed E-state index contributed by atoms with van der Waals surface area (Å²) in [5, 5.41) is 1.54. The fourth-order valence-corrected chi connectivity index (χ4v) is 1.13. The molecule has 0 radical (unpaired) electrons. The molecule has 1 unspecified atom stereocenters. The van der Waals surface area contributed by atoms with Gasteiger partial charge < -0.3 is 4.18 Å². The Kier molecular flexibility index (Phi) is 7.23. The van der Waals surface area contributed by atoms with Crippen molar-refractivity contribution >= 4 is 18.5 Å². The molecule has 0 aromatic rings. The van der Waals surface area contributed by atoms with Gasteiger partial charge in [0.2, 0.25) is 6.41 Å². The summed E-state index contributed by atoms with van der Waals surface area (Å²) in [5.41, 5.74) is 0. The van der Waals surface area contributed by atoms with Crippen molar-refractivity contribution < 1.29 is 13.8 Å². The molecule has 0 aromatic carbocycles. The molecule has 0 spiro atoms. The molecule has 0 N–H and O–H groups in total. The highest BCUT2D eigenvalue weighted by molar-refractivity contribution is 7.95. The lowest BCUT2D eigenvalue weighted by molar-refractivity contribution is -0.163. The summed E-state index contributed by atoms with van der Waals surface area (Å²) < 4.78 is 4.87. The molecule has 0 aliphatic heterocycles. The molecule has 0 aliphatic rings. The van der Waals surface area contributed by atoms with Gasteiger partial charge in [0.25, 0.3) is 0 Å². The van der Waals surface area contributed by atoms with Crippen LogP contribution >= 0.6 is 12.0 Å². The van der Waals surface area contributed by atoms with Crippen molar-refractivity contribution in [1.29, 1.82) is 0 Å². The minimum absolute atomic E-state index is 0.384. The van der Waals surface area contributed by atoms with Crippen LogP contribution in [0, 0.1) is 0 Å². The molecule has 1 atom stereocenters. The monoisotopic (exact) mass is 193 g/mol. The Hall–Kier alpha value is -0.260. The zero-order chi connectivity index (χ0) is 9.40. The van der Waals surface area contributed by atoms with E-state index >= 15 is 0 Å². The van der Waals surface area contributed by atoms with Crippen LogP contribution in [0.3, 0.4) is 0 Å². The van der Waals surface area contributed by atoms with Crippen molar-refractivity contribution in [2.45, 2.75) is 18.6 Å². The Morgan fingerprint density at radius 1 is 1.67 bits per heavy atom. The second-order valence-electron chi connectivity index (χ2n) is 2.35. The van der Waals surface area contributed by atoms with E-state index in [1.165, 1.54) is 12.0 Å². The Morgan fingerprint density at radius 3 is 2.83 bits per heavy atom. The minimum Gasteiger partial charge on any atom is -0.318 e. The van der Waals surface area contributed by atoms with Crippen LogP contribution in [0.15, 0.2) is 0 Å². The van der Waals surface area contributed by atoms with Crippen molar-refractivity contribution in [2.75, 3.05) is 20.8 Å². The third-order valence-electron chi connectivity index (χ3n) is 1.23. The minimum atomic E-state index is 0.384. The van der Waals surface area contributed by atoms with E-state index in [2.05, 4.69) is 0 Å². The molecule has 0 heterocycles. The van der Waals surface area contributed by atoms with Crippen LogP contribution in [-0.4, -0.2) is 37.5 Å². The van der Waals surface area contributed by atoms with Crippen molar-refractivity contribution in [3.63, 3.8) is 0 Å². The highest BCUT2D eigenvalue weighted by Gasteiger charge is 2.02. The summed E-state index contributed by atoms with van der Waals surface area (Å²) in [5.74, 6) is 0. The maximum Gasteiger partial charge on any atom is 0.233 e. The van der Waals surface area contributed by atoms with Crippen LogP contribution in [-0.2, 0) is 13.8 Å². The highest BCUT2D eigenvalue weighted by atomic mass is 32.2. The van der Waals surface area contributed by atoms with Gasteiger partial charge in [-0.1, -0.05) is 6.92 Å². The zero-order valence-corrected chi connectivity index (χ0v) is 8.47. The van der Waals surface area contributed by atoms with Crippen molar-refractivity contribution in [3.05, 3.63) is 0 Å². The lowest BCUT2D eigenvalue weighted by Gasteiger charge is -2.12. The highest BCUT2D eigenvalue weighted by Crippen LogP contribution is 2.13. The van der Waals surface area contributed by atoms with Gasteiger partial charge in [-0.2, -0.15) is 0 Å². The third-order valence-corrected chi connectivity index (χ3v) is 1.98. The molecule has 0 aliphatic carbocycles. The second-order valence-corrected chi connectivity index (χ2v) is 3.68. The normalized spacial score (nSPS) is 12.6. The zero-order valence-electron chi connectivity index (χ0n) is 7.65. The molecular formula is C7H15NO3S. The van der Waals surface area contributed by atoms with Crippen LogP contribution < -0.4 is 0 Å². The van der Waals surface area contributed by atoms with E-state index in [0.29, 0.717) is 18.3 Å². The fraction of sp³-hybridized carbons (Fsp3) is 0.857. The standard InChI is InChI=1S/C7H15NO3S/c1-7(12-10-3)4-5-11-8(2)6-9/h6-7H,4-5H2,1-3H3. The maximum atomic E-state index is 10.1. The van der Waals surface area contributed by atoms with Gasteiger partial charge in [0, 0.05) is 12.3 Å². The first kappa shape index (κ1) is 11.7. The number of rotatable bonds is 7.